The summed E-state index contributed by atoms with van der Waals surface area (Å²) in [5.74, 6) is -0.268. The van der Waals surface area contributed by atoms with Crippen molar-refractivity contribution in [2.24, 2.45) is 0 Å². The van der Waals surface area contributed by atoms with Crippen LogP contribution in [0.1, 0.15) is 10.4 Å². The van der Waals surface area contributed by atoms with Crippen molar-refractivity contribution >= 4 is 46.3 Å². The van der Waals surface area contributed by atoms with Gasteiger partial charge in [-0.1, -0.05) is 12.1 Å². The second-order valence-corrected chi connectivity index (χ2v) is 6.31. The highest BCUT2D eigenvalue weighted by Gasteiger charge is 2.20. The van der Waals surface area contributed by atoms with Crippen molar-refractivity contribution < 1.29 is 9.72 Å². The molecule has 0 bridgehead atoms. The van der Waals surface area contributed by atoms with E-state index in [4.69, 9.17) is 12.2 Å². The first kappa shape index (κ1) is 15.3. The van der Waals surface area contributed by atoms with Crippen LogP contribution in [0.4, 0.5) is 5.69 Å². The number of carbonyl (C=O) groups excluding carboxylic acids is 1. The Balaban J connectivity index is 1.92. The third-order valence-electron chi connectivity index (χ3n) is 3.37. The quantitative estimate of drug-likeness (QED) is 0.387. The first-order valence-corrected chi connectivity index (χ1v) is 7.91. The van der Waals surface area contributed by atoms with Gasteiger partial charge in [0.1, 0.15) is 5.70 Å². The Morgan fingerprint density at radius 1 is 1.26 bits per heavy atom. The predicted molar refractivity (Wildman–Crippen MR) is 93.0 cm³/mol. The van der Waals surface area contributed by atoms with Gasteiger partial charge in [-0.15, -0.1) is 11.3 Å². The van der Waals surface area contributed by atoms with Crippen LogP contribution in [-0.2, 0) is 4.79 Å². The molecule has 1 aromatic heterocycles. The number of carbonyl (C=O) groups is 1. The molecule has 1 fully saturated rings. The molecule has 8 heteroatoms. The van der Waals surface area contributed by atoms with Gasteiger partial charge in [-0.3, -0.25) is 20.2 Å². The van der Waals surface area contributed by atoms with E-state index < -0.39 is 0 Å². The Morgan fingerprint density at radius 2 is 2.04 bits per heavy atom. The summed E-state index contributed by atoms with van der Waals surface area (Å²) in [6.07, 6.45) is 1.70. The maximum Gasteiger partial charge on any atom is 0.273 e. The molecule has 3 rings (SSSR count). The van der Waals surface area contributed by atoms with Crippen LogP contribution in [0.15, 0.2) is 35.3 Å². The van der Waals surface area contributed by atoms with Crippen LogP contribution in [0.3, 0.4) is 0 Å². The second kappa shape index (κ2) is 5.90. The molecule has 116 valence electrons. The highest BCUT2D eigenvalue weighted by atomic mass is 32.1. The van der Waals surface area contributed by atoms with E-state index in [9.17, 15) is 14.9 Å². The number of hydrogen-bond donors (Lipinski definition) is 2. The summed E-state index contributed by atoms with van der Waals surface area (Å²) in [6, 6.07) is 7.01. The smallest absolute Gasteiger partial charge is 0.273 e. The molecular weight excluding hydrogens is 334 g/mol. The highest BCUT2D eigenvalue weighted by molar-refractivity contribution is 7.80. The third-order valence-corrected chi connectivity index (χ3v) is 4.45. The van der Waals surface area contributed by atoms with Crippen LogP contribution < -0.4 is 10.6 Å². The summed E-state index contributed by atoms with van der Waals surface area (Å²) in [5.41, 5.74) is 2.74. The zero-order valence-corrected chi connectivity index (χ0v) is 13.6. The minimum Gasteiger partial charge on any atom is -0.328 e. The number of rotatable bonds is 3. The Morgan fingerprint density at radius 3 is 2.70 bits per heavy atom. The van der Waals surface area contributed by atoms with Gasteiger partial charge >= 0.3 is 0 Å². The van der Waals surface area contributed by atoms with E-state index in [2.05, 4.69) is 10.6 Å². The van der Waals surface area contributed by atoms with Crippen LogP contribution >= 0.6 is 23.6 Å². The van der Waals surface area contributed by atoms with Crippen molar-refractivity contribution in [1.29, 1.82) is 0 Å². The molecule has 0 radical (unpaired) electrons. The van der Waals surface area contributed by atoms with Gasteiger partial charge in [0.25, 0.3) is 11.6 Å². The normalized spacial score (nSPS) is 15.6. The van der Waals surface area contributed by atoms with Gasteiger partial charge in [0.05, 0.1) is 4.92 Å². The van der Waals surface area contributed by atoms with Crippen molar-refractivity contribution in [3.8, 4) is 11.1 Å². The fourth-order valence-electron chi connectivity index (χ4n) is 2.19. The Bertz CT molecular complexity index is 871. The highest BCUT2D eigenvalue weighted by Crippen LogP contribution is 2.31. The molecule has 2 N–H and O–H groups in total. The van der Waals surface area contributed by atoms with E-state index in [1.54, 1.807) is 25.1 Å². The Labute approximate surface area is 141 Å². The summed E-state index contributed by atoms with van der Waals surface area (Å²) in [5, 5.41) is 18.5. The van der Waals surface area contributed by atoms with Crippen molar-refractivity contribution in [3.63, 3.8) is 0 Å². The van der Waals surface area contributed by atoms with Crippen molar-refractivity contribution in [3.05, 3.63) is 55.9 Å². The number of nitrogens with zero attached hydrogens (tertiary/aromatic N) is 1. The van der Waals surface area contributed by atoms with E-state index in [1.807, 2.05) is 17.5 Å². The van der Waals surface area contributed by atoms with Crippen LogP contribution in [0.25, 0.3) is 17.2 Å². The van der Waals surface area contributed by atoms with Gasteiger partial charge in [-0.2, -0.15) is 0 Å². The lowest BCUT2D eigenvalue weighted by atomic mass is 10.1. The van der Waals surface area contributed by atoms with Gasteiger partial charge in [0, 0.05) is 16.5 Å². The number of hydrogen-bond acceptors (Lipinski definition) is 5. The van der Waals surface area contributed by atoms with Crippen LogP contribution in [-0.4, -0.2) is 15.9 Å². The topological polar surface area (TPSA) is 84.3 Å². The number of nitro benzene ring substituents is 1. The number of thiophene rings is 1. The molecule has 1 saturated heterocycles. The average Bonchev–Trinajstić information content (AvgIpc) is 3.06. The first-order valence-electron chi connectivity index (χ1n) is 6.62. The van der Waals surface area contributed by atoms with E-state index in [0.29, 0.717) is 11.3 Å². The minimum absolute atomic E-state index is 0.0933. The predicted octanol–water partition coefficient (Wildman–Crippen LogP) is 2.98. The monoisotopic (exact) mass is 345 g/mol. The second-order valence-electron chi connectivity index (χ2n) is 4.96. The SMILES string of the molecule is Cc1ccc(-c2csc(/C=C3\NC(=S)NC3=O)c2)cc1[N+](=O)[O-]. The molecule has 1 aliphatic rings. The molecule has 0 aliphatic carbocycles. The number of amides is 1. The lowest BCUT2D eigenvalue weighted by molar-refractivity contribution is -0.385. The molecule has 0 saturated carbocycles. The van der Waals surface area contributed by atoms with Gasteiger partial charge in [-0.05, 0) is 47.8 Å². The molecule has 0 unspecified atom stereocenters. The maximum absolute atomic E-state index is 11.6. The van der Waals surface area contributed by atoms with Crippen LogP contribution in [0, 0.1) is 17.0 Å². The fraction of sp³-hybridized carbons (Fsp3) is 0.0667. The van der Waals surface area contributed by atoms with Crippen molar-refractivity contribution in [1.82, 2.24) is 10.6 Å². The van der Waals surface area contributed by atoms with Gasteiger partial charge in [0.2, 0.25) is 0 Å². The molecule has 1 aromatic carbocycles. The third kappa shape index (κ3) is 3.13. The Hall–Kier alpha value is -2.58. The lowest BCUT2D eigenvalue weighted by Crippen LogP contribution is -2.21. The zero-order chi connectivity index (χ0) is 16.6. The molecular formula is C15H11N3O3S2. The van der Waals surface area contributed by atoms with E-state index in [-0.39, 0.29) is 21.6 Å². The minimum atomic E-state index is -0.387. The molecule has 1 amide bonds. The van der Waals surface area contributed by atoms with Crippen LogP contribution in [0.5, 0.6) is 0 Å². The van der Waals surface area contributed by atoms with Crippen molar-refractivity contribution in [2.75, 3.05) is 0 Å². The summed E-state index contributed by atoms with van der Waals surface area (Å²) < 4.78 is 0. The zero-order valence-electron chi connectivity index (χ0n) is 12.0. The van der Waals surface area contributed by atoms with E-state index in [1.165, 1.54) is 11.3 Å². The van der Waals surface area contributed by atoms with E-state index >= 15 is 0 Å². The molecule has 1 aliphatic heterocycles. The lowest BCUT2D eigenvalue weighted by Gasteiger charge is -2.00. The molecule has 2 heterocycles. The summed E-state index contributed by atoms with van der Waals surface area (Å²) in [4.78, 5) is 23.1. The van der Waals surface area contributed by atoms with Gasteiger partial charge < -0.3 is 5.32 Å². The molecule has 0 spiro atoms. The number of thiocarbonyl (C=S) groups is 1. The van der Waals surface area contributed by atoms with E-state index in [0.717, 1.165) is 16.0 Å². The Kier molecular flexibility index (Phi) is 3.93. The molecule has 6 nitrogen and oxygen atoms in total. The number of nitrogens with one attached hydrogen (secondary N) is 2. The number of aryl methyl sites for hydroxylation is 1. The van der Waals surface area contributed by atoms with Crippen LogP contribution in [0.2, 0.25) is 0 Å². The fourth-order valence-corrected chi connectivity index (χ4v) is 3.24. The van der Waals surface area contributed by atoms with Gasteiger partial charge in [0.15, 0.2) is 5.11 Å². The summed E-state index contributed by atoms with van der Waals surface area (Å²) >= 11 is 6.32. The summed E-state index contributed by atoms with van der Waals surface area (Å²) in [7, 11) is 0. The largest absolute Gasteiger partial charge is 0.328 e. The molecule has 2 aromatic rings. The summed E-state index contributed by atoms with van der Waals surface area (Å²) in [6.45, 7) is 1.71. The van der Waals surface area contributed by atoms with Crippen molar-refractivity contribution in [2.45, 2.75) is 6.92 Å². The molecule has 0 atom stereocenters. The maximum atomic E-state index is 11.6. The average molecular weight is 345 g/mol. The molecule has 23 heavy (non-hydrogen) atoms. The number of nitro groups is 1. The number of benzene rings is 1. The van der Waals surface area contributed by atoms with Gasteiger partial charge in [-0.25, -0.2) is 0 Å². The standard InChI is InChI=1S/C15H11N3O3S2/c1-8-2-3-9(5-13(8)18(20)21)10-4-11(23-7-10)6-12-14(19)17-15(22)16-12/h2-7H,1H3,(H2,16,17,19,22)/b12-6-. The first-order chi connectivity index (χ1) is 10.9.